The molecule has 1 aromatic rings. The number of hydrogen-bond donors (Lipinski definition) is 1. The monoisotopic (exact) mass is 348 g/mol. The zero-order valence-electron chi connectivity index (χ0n) is 13.5. The molecule has 0 spiro atoms. The molecule has 0 aliphatic carbocycles. The molecule has 2 amide bonds. The summed E-state index contributed by atoms with van der Waals surface area (Å²) in [6.45, 7) is 4.61. The average molecular weight is 348 g/mol. The van der Waals surface area contributed by atoms with Gasteiger partial charge in [-0.3, -0.25) is 9.59 Å². The maximum atomic E-state index is 12.7. The number of ether oxygens (including phenoxy) is 2. The van der Waals surface area contributed by atoms with Crippen LogP contribution in [0.5, 0.6) is 0 Å². The van der Waals surface area contributed by atoms with Crippen LogP contribution in [-0.2, 0) is 14.3 Å². The summed E-state index contributed by atoms with van der Waals surface area (Å²) in [7, 11) is 0. The minimum atomic E-state index is -0.237. The number of morpholine rings is 1. The smallest absolute Gasteiger partial charge is 0.265 e. The Morgan fingerprint density at radius 1 is 1.17 bits per heavy atom. The Balaban J connectivity index is 1.79. The highest BCUT2D eigenvalue weighted by molar-refractivity contribution is 8.04. The molecule has 7 heteroatoms. The molecule has 2 heterocycles. The summed E-state index contributed by atoms with van der Waals surface area (Å²) < 4.78 is 10.7. The van der Waals surface area contributed by atoms with E-state index < -0.39 is 0 Å². The van der Waals surface area contributed by atoms with E-state index in [1.165, 1.54) is 11.8 Å². The summed E-state index contributed by atoms with van der Waals surface area (Å²) in [6.07, 6.45) is 0. The molecule has 3 rings (SSSR count). The molecule has 0 bridgehead atoms. The van der Waals surface area contributed by atoms with Crippen LogP contribution in [0, 0.1) is 0 Å². The van der Waals surface area contributed by atoms with Crippen LogP contribution in [0.1, 0.15) is 17.3 Å². The Hall–Kier alpha value is -1.99. The van der Waals surface area contributed by atoms with Crippen LogP contribution in [0.4, 0.5) is 5.69 Å². The van der Waals surface area contributed by atoms with Crippen molar-refractivity contribution in [2.75, 3.05) is 44.0 Å². The lowest BCUT2D eigenvalue weighted by Gasteiger charge is -2.27. The summed E-state index contributed by atoms with van der Waals surface area (Å²) in [5.74, 6) is 1.04. The third kappa shape index (κ3) is 3.73. The first-order valence-corrected chi connectivity index (χ1v) is 8.89. The van der Waals surface area contributed by atoms with E-state index in [0.29, 0.717) is 54.8 Å². The van der Waals surface area contributed by atoms with Crippen LogP contribution in [0.25, 0.3) is 0 Å². The van der Waals surface area contributed by atoms with Crippen molar-refractivity contribution in [2.24, 2.45) is 0 Å². The molecule has 0 radical (unpaired) electrons. The van der Waals surface area contributed by atoms with Gasteiger partial charge in [0.25, 0.3) is 11.8 Å². The molecule has 1 N–H and O–H groups in total. The van der Waals surface area contributed by atoms with Gasteiger partial charge in [0.1, 0.15) is 10.7 Å². The maximum absolute atomic E-state index is 12.7. The third-order valence-electron chi connectivity index (χ3n) is 3.88. The Bertz CT molecular complexity index is 668. The van der Waals surface area contributed by atoms with Gasteiger partial charge in [0, 0.05) is 18.8 Å². The Kier molecular flexibility index (Phi) is 5.42. The van der Waals surface area contributed by atoms with Gasteiger partial charge in [0.2, 0.25) is 0 Å². The van der Waals surface area contributed by atoms with Crippen molar-refractivity contribution < 1.29 is 19.1 Å². The van der Waals surface area contributed by atoms with Crippen LogP contribution < -0.4 is 5.32 Å². The summed E-state index contributed by atoms with van der Waals surface area (Å²) >= 11 is 1.47. The maximum Gasteiger partial charge on any atom is 0.265 e. The molecular weight excluding hydrogens is 328 g/mol. The summed E-state index contributed by atoms with van der Waals surface area (Å²) in [5.41, 5.74) is 1.01. The molecule has 24 heavy (non-hydrogen) atoms. The first kappa shape index (κ1) is 16.9. The predicted molar refractivity (Wildman–Crippen MR) is 92.9 cm³/mol. The fraction of sp³-hybridized carbons (Fsp3) is 0.412. The molecule has 128 valence electrons. The van der Waals surface area contributed by atoms with Crippen LogP contribution in [0.3, 0.4) is 0 Å². The second-order valence-electron chi connectivity index (χ2n) is 5.49. The number of allylic oxidation sites excluding steroid dienone is 1. The van der Waals surface area contributed by atoms with E-state index in [-0.39, 0.29) is 11.8 Å². The van der Waals surface area contributed by atoms with Crippen molar-refractivity contribution in [1.82, 2.24) is 4.90 Å². The molecule has 2 aliphatic heterocycles. The molecule has 0 aromatic heterocycles. The van der Waals surface area contributed by atoms with Gasteiger partial charge in [-0.1, -0.05) is 12.1 Å². The predicted octanol–water partition coefficient (Wildman–Crippen LogP) is 2.09. The van der Waals surface area contributed by atoms with Gasteiger partial charge in [0.05, 0.1) is 31.1 Å². The molecule has 1 aromatic carbocycles. The normalized spacial score (nSPS) is 18.1. The Morgan fingerprint density at radius 2 is 1.92 bits per heavy atom. The fourth-order valence-electron chi connectivity index (χ4n) is 2.63. The van der Waals surface area contributed by atoms with Gasteiger partial charge in [-0.2, -0.15) is 0 Å². The SMILES string of the molecule is CC1=C(C(=O)Nc2ccccc2C(=O)N2CCOCC2)SCCO1. The Morgan fingerprint density at radius 3 is 2.67 bits per heavy atom. The minimum absolute atomic E-state index is 0.0903. The van der Waals surface area contributed by atoms with Crippen LogP contribution in [0.15, 0.2) is 34.9 Å². The fourth-order valence-corrected chi connectivity index (χ4v) is 3.44. The minimum Gasteiger partial charge on any atom is -0.496 e. The van der Waals surface area contributed by atoms with Crippen molar-refractivity contribution in [3.8, 4) is 0 Å². The van der Waals surface area contributed by atoms with Crippen LogP contribution >= 0.6 is 11.8 Å². The first-order chi connectivity index (χ1) is 11.7. The Labute approximate surface area is 145 Å². The van der Waals surface area contributed by atoms with E-state index in [0.717, 1.165) is 5.75 Å². The van der Waals surface area contributed by atoms with E-state index in [2.05, 4.69) is 5.32 Å². The second-order valence-corrected chi connectivity index (χ2v) is 6.59. The van der Waals surface area contributed by atoms with Gasteiger partial charge in [-0.25, -0.2) is 0 Å². The van der Waals surface area contributed by atoms with Crippen molar-refractivity contribution >= 4 is 29.3 Å². The molecule has 0 unspecified atom stereocenters. The van der Waals surface area contributed by atoms with Crippen molar-refractivity contribution in [3.05, 3.63) is 40.5 Å². The number of benzene rings is 1. The average Bonchev–Trinajstić information content (AvgIpc) is 2.62. The summed E-state index contributed by atoms with van der Waals surface area (Å²) in [4.78, 5) is 27.5. The molecule has 6 nitrogen and oxygen atoms in total. The number of nitrogens with one attached hydrogen (secondary N) is 1. The third-order valence-corrected chi connectivity index (χ3v) is 5.01. The topological polar surface area (TPSA) is 67.9 Å². The number of amides is 2. The second kappa shape index (κ2) is 7.72. The summed E-state index contributed by atoms with van der Waals surface area (Å²) in [5, 5.41) is 2.85. The molecule has 0 atom stereocenters. The summed E-state index contributed by atoms with van der Waals surface area (Å²) in [6, 6.07) is 7.08. The van der Waals surface area contributed by atoms with Crippen molar-refractivity contribution in [3.63, 3.8) is 0 Å². The zero-order valence-corrected chi connectivity index (χ0v) is 14.4. The lowest BCUT2D eigenvalue weighted by atomic mass is 10.1. The number of carbonyl (C=O) groups excluding carboxylic acids is 2. The van der Waals surface area contributed by atoms with Gasteiger partial charge in [-0.05, 0) is 19.1 Å². The number of nitrogens with zero attached hydrogens (tertiary/aromatic N) is 1. The lowest BCUT2D eigenvalue weighted by Crippen LogP contribution is -2.41. The number of hydrogen-bond acceptors (Lipinski definition) is 5. The van der Waals surface area contributed by atoms with E-state index >= 15 is 0 Å². The van der Waals surface area contributed by atoms with E-state index in [4.69, 9.17) is 9.47 Å². The highest BCUT2D eigenvalue weighted by Gasteiger charge is 2.23. The quantitative estimate of drug-likeness (QED) is 0.906. The zero-order chi connectivity index (χ0) is 16.9. The number of anilines is 1. The highest BCUT2D eigenvalue weighted by atomic mass is 32.2. The van der Waals surface area contributed by atoms with E-state index in [1.54, 1.807) is 36.1 Å². The number of para-hydroxylation sites is 1. The lowest BCUT2D eigenvalue weighted by molar-refractivity contribution is -0.112. The van der Waals surface area contributed by atoms with Gasteiger partial charge in [0.15, 0.2) is 0 Å². The molecular formula is C17H20N2O4S. The number of rotatable bonds is 3. The number of thioether (sulfide) groups is 1. The van der Waals surface area contributed by atoms with E-state index in [1.807, 2.05) is 0 Å². The largest absolute Gasteiger partial charge is 0.496 e. The first-order valence-electron chi connectivity index (χ1n) is 7.90. The molecule has 1 fully saturated rings. The molecule has 1 saturated heterocycles. The standard InChI is InChI=1S/C17H20N2O4S/c1-12-15(24-11-10-23-12)16(20)18-14-5-3-2-4-13(14)17(21)19-6-8-22-9-7-19/h2-5H,6-11H2,1H3,(H,18,20). The molecule has 2 aliphatic rings. The van der Waals surface area contributed by atoms with Gasteiger partial charge >= 0.3 is 0 Å². The van der Waals surface area contributed by atoms with Crippen LogP contribution in [0.2, 0.25) is 0 Å². The van der Waals surface area contributed by atoms with Gasteiger partial charge < -0.3 is 19.7 Å². The van der Waals surface area contributed by atoms with Crippen molar-refractivity contribution in [2.45, 2.75) is 6.92 Å². The van der Waals surface area contributed by atoms with Gasteiger partial charge in [-0.15, -0.1) is 11.8 Å². The van der Waals surface area contributed by atoms with Crippen molar-refractivity contribution in [1.29, 1.82) is 0 Å². The highest BCUT2D eigenvalue weighted by Crippen LogP contribution is 2.27. The number of carbonyl (C=O) groups is 2. The van der Waals surface area contributed by atoms with Crippen LogP contribution in [-0.4, -0.2) is 55.4 Å². The molecule has 0 saturated carbocycles. The van der Waals surface area contributed by atoms with E-state index in [9.17, 15) is 9.59 Å².